The lowest BCUT2D eigenvalue weighted by Crippen LogP contribution is -2.68. The van der Waals surface area contributed by atoms with E-state index in [0.29, 0.717) is 36.6 Å². The quantitative estimate of drug-likeness (QED) is 0.231. The number of nitriles is 1. The largest absolute Gasteiger partial charge is 0.490 e. The number of pyridine rings is 1. The van der Waals surface area contributed by atoms with Gasteiger partial charge < -0.3 is 19.3 Å². The summed E-state index contributed by atoms with van der Waals surface area (Å²) in [5.74, 6) is -1.04. The predicted octanol–water partition coefficient (Wildman–Crippen LogP) is 7.28. The summed E-state index contributed by atoms with van der Waals surface area (Å²) in [5.41, 5.74) is -4.16. The van der Waals surface area contributed by atoms with E-state index in [1.54, 1.807) is 36.1 Å². The number of likely N-dealkylation sites (tertiary alicyclic amines) is 2. The van der Waals surface area contributed by atoms with Gasteiger partial charge in [0.1, 0.15) is 17.6 Å². The number of aromatic nitrogens is 1. The van der Waals surface area contributed by atoms with Crippen molar-refractivity contribution in [2.75, 3.05) is 19.6 Å². The van der Waals surface area contributed by atoms with Crippen LogP contribution in [0.3, 0.4) is 0 Å². The lowest BCUT2D eigenvalue weighted by Gasteiger charge is -2.50. The van der Waals surface area contributed by atoms with E-state index in [0.717, 1.165) is 36.7 Å². The molecule has 0 unspecified atom stereocenters. The third kappa shape index (κ3) is 7.76. The number of rotatable bonds is 8. The normalized spacial score (nSPS) is 20.4. The molecule has 2 aliphatic heterocycles. The Bertz CT molecular complexity index is 1680. The molecule has 2 amide bonds. The van der Waals surface area contributed by atoms with Crippen LogP contribution in [0.25, 0.3) is 0 Å². The molecule has 14 heteroatoms. The summed E-state index contributed by atoms with van der Waals surface area (Å²) in [6, 6.07) is 12.2. The van der Waals surface area contributed by atoms with E-state index in [-0.39, 0.29) is 50.8 Å². The van der Waals surface area contributed by atoms with E-state index in [9.17, 15) is 41.2 Å². The van der Waals surface area contributed by atoms with E-state index in [1.165, 1.54) is 4.90 Å². The molecular weight excluding hydrogens is 654 g/mol. The molecular formula is C35H34F6N4O4. The summed E-state index contributed by atoms with van der Waals surface area (Å²) in [4.78, 5) is 35.2. The fourth-order valence-corrected chi connectivity index (χ4v) is 6.57. The van der Waals surface area contributed by atoms with E-state index in [4.69, 9.17) is 9.47 Å². The maximum absolute atomic E-state index is 14.7. The van der Waals surface area contributed by atoms with E-state index < -0.39 is 52.5 Å². The number of hydrogen-bond donors (Lipinski definition) is 0. The Balaban J connectivity index is 1.48. The highest BCUT2D eigenvalue weighted by molar-refractivity contribution is 5.97. The highest BCUT2D eigenvalue weighted by Gasteiger charge is 2.56. The van der Waals surface area contributed by atoms with Crippen molar-refractivity contribution in [3.8, 4) is 17.6 Å². The number of benzene rings is 2. The third-order valence-electron chi connectivity index (χ3n) is 8.88. The molecule has 2 aliphatic rings. The van der Waals surface area contributed by atoms with Crippen molar-refractivity contribution < 1.29 is 45.4 Å². The second-order valence-electron chi connectivity index (χ2n) is 12.1. The number of hydrogen-bond acceptors (Lipinski definition) is 6. The SMILES string of the molecule is CCC[C@H]1N(C(=O)c2cnccc2C(F)(F)F)CCC[C@@]1(Oc1ccc(C(F)(F)F)cc1)C(=O)N1CCC(Oc2cccc(C#N)c2)CC1. The molecule has 1 aromatic heterocycles. The van der Waals surface area contributed by atoms with Gasteiger partial charge in [0, 0.05) is 51.3 Å². The Morgan fingerprint density at radius 3 is 2.33 bits per heavy atom. The number of halogens is 6. The van der Waals surface area contributed by atoms with Crippen molar-refractivity contribution >= 4 is 11.8 Å². The average molecular weight is 689 g/mol. The summed E-state index contributed by atoms with van der Waals surface area (Å²) in [6.45, 7) is 2.25. The monoisotopic (exact) mass is 688 g/mol. The van der Waals surface area contributed by atoms with E-state index in [2.05, 4.69) is 11.1 Å². The lowest BCUT2D eigenvalue weighted by molar-refractivity contribution is -0.161. The van der Waals surface area contributed by atoms with Gasteiger partial charge in [0.2, 0.25) is 5.60 Å². The van der Waals surface area contributed by atoms with Gasteiger partial charge in [-0.2, -0.15) is 31.6 Å². The van der Waals surface area contributed by atoms with Gasteiger partial charge >= 0.3 is 12.4 Å². The maximum atomic E-state index is 14.7. The molecule has 5 rings (SSSR count). The fraction of sp³-hybridized carbons (Fsp3) is 0.429. The second kappa shape index (κ2) is 14.4. The summed E-state index contributed by atoms with van der Waals surface area (Å²) >= 11 is 0. The number of amides is 2. The van der Waals surface area contributed by atoms with Crippen LogP contribution in [0.1, 0.15) is 72.5 Å². The molecule has 2 fully saturated rings. The topological polar surface area (TPSA) is 95.8 Å². The summed E-state index contributed by atoms with van der Waals surface area (Å²) in [7, 11) is 0. The first kappa shape index (κ1) is 35.5. The molecule has 0 bridgehead atoms. The summed E-state index contributed by atoms with van der Waals surface area (Å²) in [6.07, 6.45) is -6.34. The average Bonchev–Trinajstić information content (AvgIpc) is 3.08. The van der Waals surface area contributed by atoms with Gasteiger partial charge in [-0.15, -0.1) is 0 Å². The highest BCUT2D eigenvalue weighted by atomic mass is 19.4. The molecule has 0 spiro atoms. The zero-order valence-corrected chi connectivity index (χ0v) is 26.6. The number of piperidine rings is 2. The summed E-state index contributed by atoms with van der Waals surface area (Å²) < 4.78 is 94.4. The fourth-order valence-electron chi connectivity index (χ4n) is 6.57. The molecule has 8 nitrogen and oxygen atoms in total. The molecule has 2 saturated heterocycles. The smallest absolute Gasteiger partial charge is 0.417 e. The highest BCUT2D eigenvalue weighted by Crippen LogP contribution is 2.41. The van der Waals surface area contributed by atoms with Crippen molar-refractivity contribution in [2.24, 2.45) is 0 Å². The first-order valence-electron chi connectivity index (χ1n) is 15.9. The zero-order valence-electron chi connectivity index (χ0n) is 26.6. The van der Waals surface area contributed by atoms with E-state index in [1.807, 2.05) is 0 Å². The molecule has 2 aromatic carbocycles. The molecule has 3 aromatic rings. The van der Waals surface area contributed by atoms with Gasteiger partial charge in [-0.1, -0.05) is 19.4 Å². The van der Waals surface area contributed by atoms with Crippen LogP contribution in [-0.4, -0.2) is 64.0 Å². The Labute approximate surface area is 279 Å². The van der Waals surface area contributed by atoms with Gasteiger partial charge in [-0.3, -0.25) is 14.6 Å². The van der Waals surface area contributed by atoms with Crippen LogP contribution in [0.15, 0.2) is 67.0 Å². The molecule has 49 heavy (non-hydrogen) atoms. The minimum absolute atomic E-state index is 0.0266. The van der Waals surface area contributed by atoms with Gasteiger partial charge in [-0.05, 0) is 61.4 Å². The van der Waals surface area contributed by atoms with Crippen molar-refractivity contribution in [2.45, 2.75) is 75.5 Å². The Kier molecular flexibility index (Phi) is 10.4. The van der Waals surface area contributed by atoms with Crippen molar-refractivity contribution in [3.05, 3.63) is 89.2 Å². The van der Waals surface area contributed by atoms with Gasteiger partial charge in [-0.25, -0.2) is 0 Å². The van der Waals surface area contributed by atoms with Crippen LogP contribution >= 0.6 is 0 Å². The lowest BCUT2D eigenvalue weighted by atomic mass is 9.79. The van der Waals surface area contributed by atoms with Gasteiger partial charge in [0.05, 0.1) is 34.4 Å². The Morgan fingerprint density at radius 2 is 1.69 bits per heavy atom. The Morgan fingerprint density at radius 1 is 0.980 bits per heavy atom. The predicted molar refractivity (Wildman–Crippen MR) is 164 cm³/mol. The van der Waals surface area contributed by atoms with Crippen LogP contribution in [0.4, 0.5) is 26.3 Å². The van der Waals surface area contributed by atoms with Crippen LogP contribution in [0.2, 0.25) is 0 Å². The first-order chi connectivity index (χ1) is 23.3. The molecule has 2 atom stereocenters. The zero-order chi connectivity index (χ0) is 35.4. The minimum Gasteiger partial charge on any atom is -0.490 e. The number of carbonyl (C=O) groups is 2. The first-order valence-corrected chi connectivity index (χ1v) is 15.9. The number of nitrogens with zero attached hydrogens (tertiary/aromatic N) is 4. The van der Waals surface area contributed by atoms with Crippen molar-refractivity contribution in [3.63, 3.8) is 0 Å². The maximum Gasteiger partial charge on any atom is 0.417 e. The van der Waals surface area contributed by atoms with Gasteiger partial charge in [0.25, 0.3) is 11.8 Å². The molecule has 260 valence electrons. The molecule has 0 aliphatic carbocycles. The number of carbonyl (C=O) groups excluding carboxylic acids is 2. The van der Waals surface area contributed by atoms with Gasteiger partial charge in [0.15, 0.2) is 0 Å². The molecule has 0 radical (unpaired) electrons. The van der Waals surface area contributed by atoms with Crippen LogP contribution < -0.4 is 9.47 Å². The van der Waals surface area contributed by atoms with Crippen molar-refractivity contribution in [1.82, 2.24) is 14.8 Å². The minimum atomic E-state index is -4.85. The molecule has 3 heterocycles. The second-order valence-corrected chi connectivity index (χ2v) is 12.1. The number of ether oxygens (including phenoxy) is 2. The molecule has 0 saturated carbocycles. The standard InChI is InChI=1S/C35H34F6N4O4/c1-2-5-30-33(49-26-10-8-24(9-11-26)34(36,37)38,15-4-17-45(30)31(46)28-22-43-16-12-29(28)35(39,40)41)32(47)44-18-13-25(14-19-44)48-27-7-3-6-23(20-27)21-42/h3,6-12,16,20,22,25,30H,2,4-5,13-15,17-19H2,1H3/t30-,33+/m1/s1. The van der Waals surface area contributed by atoms with Crippen LogP contribution in [0, 0.1) is 11.3 Å². The van der Waals surface area contributed by atoms with Crippen LogP contribution in [0.5, 0.6) is 11.5 Å². The van der Waals surface area contributed by atoms with Crippen LogP contribution in [-0.2, 0) is 17.1 Å². The van der Waals surface area contributed by atoms with E-state index >= 15 is 0 Å². The van der Waals surface area contributed by atoms with Crippen molar-refractivity contribution in [1.29, 1.82) is 5.26 Å². The molecule has 0 N–H and O–H groups in total. The number of alkyl halides is 6. The summed E-state index contributed by atoms with van der Waals surface area (Å²) in [5, 5.41) is 9.20. The third-order valence-corrected chi connectivity index (χ3v) is 8.88. The Hall–Kier alpha value is -4.80.